The van der Waals surface area contributed by atoms with Crippen molar-refractivity contribution in [3.63, 3.8) is 0 Å². The van der Waals surface area contributed by atoms with E-state index in [-0.39, 0.29) is 5.91 Å². The highest BCUT2D eigenvalue weighted by molar-refractivity contribution is 7.15. The van der Waals surface area contributed by atoms with Gasteiger partial charge in [-0.25, -0.2) is 4.68 Å². The smallest absolute Gasteiger partial charge is 0.257 e. The lowest BCUT2D eigenvalue weighted by Crippen LogP contribution is -2.12. The number of anilines is 1. The molecule has 1 amide bonds. The number of rotatable bonds is 4. The average Bonchev–Trinajstić information content (AvgIpc) is 3.28. The predicted molar refractivity (Wildman–Crippen MR) is 107 cm³/mol. The van der Waals surface area contributed by atoms with Crippen LogP contribution in [0.4, 0.5) is 5.13 Å². The van der Waals surface area contributed by atoms with Crippen LogP contribution in [-0.4, -0.2) is 25.9 Å². The summed E-state index contributed by atoms with van der Waals surface area (Å²) in [5.41, 5.74) is 3.57. The summed E-state index contributed by atoms with van der Waals surface area (Å²) in [6, 6.07) is 9.46. The van der Waals surface area contributed by atoms with E-state index in [0.29, 0.717) is 16.6 Å². The normalized spacial score (nSPS) is 15.0. The van der Waals surface area contributed by atoms with Crippen LogP contribution in [0.15, 0.2) is 30.3 Å². The minimum absolute atomic E-state index is 0.165. The third-order valence-corrected chi connectivity index (χ3v) is 6.00. The number of benzene rings is 1. The summed E-state index contributed by atoms with van der Waals surface area (Å²) in [5, 5.41) is 17.4. The number of nitrogens with zero attached hydrogens (tertiary/aromatic N) is 4. The molecule has 3 aromatic rings. The maximum Gasteiger partial charge on any atom is 0.257 e. The molecular weight excluding hydrogens is 358 g/mol. The van der Waals surface area contributed by atoms with E-state index in [9.17, 15) is 4.79 Å². The van der Waals surface area contributed by atoms with Crippen LogP contribution in [0.25, 0.3) is 5.69 Å². The third kappa shape index (κ3) is 3.93. The van der Waals surface area contributed by atoms with E-state index in [4.69, 9.17) is 0 Å². The van der Waals surface area contributed by atoms with Gasteiger partial charge in [0.25, 0.3) is 5.91 Å². The van der Waals surface area contributed by atoms with Crippen LogP contribution in [0.5, 0.6) is 0 Å². The number of carbonyl (C=O) groups is 1. The van der Waals surface area contributed by atoms with Crippen LogP contribution in [0, 0.1) is 13.8 Å². The van der Waals surface area contributed by atoms with Crippen LogP contribution in [0.3, 0.4) is 0 Å². The molecule has 27 heavy (non-hydrogen) atoms. The highest BCUT2D eigenvalue weighted by Gasteiger charge is 2.20. The molecular formula is C20H23N5OS. The summed E-state index contributed by atoms with van der Waals surface area (Å²) >= 11 is 1.50. The molecule has 0 unspecified atom stereocenters. The number of carbonyl (C=O) groups excluding carboxylic acids is 1. The summed E-state index contributed by atoms with van der Waals surface area (Å²) in [6.07, 6.45) is 6.18. The standard InChI is InChI=1S/C20H23N5OS/c1-13-12-14(2)25(24-13)17-10-8-15(9-11-17)18(26)21-20-23-22-19(27-20)16-6-4-3-5-7-16/h8-12,16H,3-7H2,1-2H3,(H,21,23,26). The first kappa shape index (κ1) is 17.9. The van der Waals surface area contributed by atoms with Gasteiger partial charge in [0.05, 0.1) is 11.4 Å². The summed E-state index contributed by atoms with van der Waals surface area (Å²) < 4.78 is 1.87. The number of hydrogen-bond acceptors (Lipinski definition) is 5. The number of amides is 1. The van der Waals surface area contributed by atoms with Gasteiger partial charge in [-0.1, -0.05) is 30.6 Å². The lowest BCUT2D eigenvalue weighted by molar-refractivity contribution is 0.102. The van der Waals surface area contributed by atoms with Crippen molar-refractivity contribution >= 4 is 22.4 Å². The molecule has 140 valence electrons. The number of hydrogen-bond donors (Lipinski definition) is 1. The maximum absolute atomic E-state index is 12.5. The van der Waals surface area contributed by atoms with Crippen LogP contribution in [0.2, 0.25) is 0 Å². The first-order chi connectivity index (χ1) is 13.1. The zero-order valence-electron chi connectivity index (χ0n) is 15.6. The summed E-state index contributed by atoms with van der Waals surface area (Å²) in [4.78, 5) is 12.5. The summed E-state index contributed by atoms with van der Waals surface area (Å²) in [7, 11) is 0. The van der Waals surface area contributed by atoms with Crippen molar-refractivity contribution in [1.29, 1.82) is 0 Å². The van der Waals surface area contributed by atoms with Gasteiger partial charge in [-0.2, -0.15) is 5.10 Å². The van der Waals surface area contributed by atoms with E-state index in [0.717, 1.165) is 22.1 Å². The number of nitrogens with one attached hydrogen (secondary N) is 1. The minimum Gasteiger partial charge on any atom is -0.296 e. The summed E-state index contributed by atoms with van der Waals surface area (Å²) in [6.45, 7) is 3.98. The second kappa shape index (κ2) is 7.60. The molecule has 1 saturated carbocycles. The van der Waals surface area contributed by atoms with Gasteiger partial charge in [0.1, 0.15) is 5.01 Å². The largest absolute Gasteiger partial charge is 0.296 e. The van der Waals surface area contributed by atoms with Crippen molar-refractivity contribution in [2.45, 2.75) is 51.9 Å². The van der Waals surface area contributed by atoms with Crippen molar-refractivity contribution in [3.8, 4) is 5.69 Å². The lowest BCUT2D eigenvalue weighted by Gasteiger charge is -2.18. The molecule has 0 spiro atoms. The quantitative estimate of drug-likeness (QED) is 0.714. The van der Waals surface area contributed by atoms with E-state index in [1.165, 1.54) is 43.4 Å². The molecule has 4 rings (SSSR count). The molecule has 1 fully saturated rings. The van der Waals surface area contributed by atoms with Gasteiger partial charge < -0.3 is 0 Å². The second-order valence-electron chi connectivity index (χ2n) is 7.12. The SMILES string of the molecule is Cc1cc(C)n(-c2ccc(C(=O)Nc3nnc(C4CCCCC4)s3)cc2)n1. The van der Waals surface area contributed by atoms with Crippen molar-refractivity contribution in [3.05, 3.63) is 52.3 Å². The number of aryl methyl sites for hydroxylation is 2. The monoisotopic (exact) mass is 381 g/mol. The zero-order chi connectivity index (χ0) is 18.8. The van der Waals surface area contributed by atoms with E-state index in [1.807, 2.05) is 48.9 Å². The average molecular weight is 382 g/mol. The van der Waals surface area contributed by atoms with Gasteiger partial charge in [0.15, 0.2) is 0 Å². The van der Waals surface area contributed by atoms with E-state index >= 15 is 0 Å². The maximum atomic E-state index is 12.5. The van der Waals surface area contributed by atoms with Crippen LogP contribution >= 0.6 is 11.3 Å². The Hall–Kier alpha value is -2.54. The first-order valence-corrected chi connectivity index (χ1v) is 10.2. The van der Waals surface area contributed by atoms with Crippen molar-refractivity contribution in [2.75, 3.05) is 5.32 Å². The lowest BCUT2D eigenvalue weighted by atomic mass is 9.90. The Morgan fingerprint density at radius 2 is 1.85 bits per heavy atom. The van der Waals surface area contributed by atoms with Crippen LogP contribution in [-0.2, 0) is 0 Å². The molecule has 1 aromatic carbocycles. The van der Waals surface area contributed by atoms with Gasteiger partial charge in [0.2, 0.25) is 5.13 Å². The van der Waals surface area contributed by atoms with E-state index in [2.05, 4.69) is 20.6 Å². The fourth-order valence-corrected chi connectivity index (χ4v) is 4.52. The Labute approximate surface area is 162 Å². The second-order valence-corrected chi connectivity index (χ2v) is 8.13. The Morgan fingerprint density at radius 1 is 1.11 bits per heavy atom. The molecule has 0 bridgehead atoms. The molecule has 0 aliphatic heterocycles. The predicted octanol–water partition coefficient (Wildman–Crippen LogP) is 4.64. The Kier molecular flexibility index (Phi) is 5.03. The molecule has 0 atom stereocenters. The van der Waals surface area contributed by atoms with Crippen molar-refractivity contribution in [2.24, 2.45) is 0 Å². The molecule has 7 heteroatoms. The number of aromatic nitrogens is 4. The summed E-state index contributed by atoms with van der Waals surface area (Å²) in [5.74, 6) is 0.336. The fourth-order valence-electron chi connectivity index (χ4n) is 3.61. The highest BCUT2D eigenvalue weighted by atomic mass is 32.1. The van der Waals surface area contributed by atoms with Crippen LogP contribution in [0.1, 0.15) is 64.8 Å². The zero-order valence-corrected chi connectivity index (χ0v) is 16.4. The third-order valence-electron chi connectivity index (χ3n) is 5.00. The van der Waals surface area contributed by atoms with Crippen LogP contribution < -0.4 is 5.32 Å². The topological polar surface area (TPSA) is 72.7 Å². The fraction of sp³-hybridized carbons (Fsp3) is 0.400. The van der Waals surface area contributed by atoms with Gasteiger partial charge in [-0.3, -0.25) is 10.1 Å². The molecule has 6 nitrogen and oxygen atoms in total. The minimum atomic E-state index is -0.165. The highest BCUT2D eigenvalue weighted by Crippen LogP contribution is 2.35. The first-order valence-electron chi connectivity index (χ1n) is 9.38. The molecule has 1 aliphatic carbocycles. The molecule has 0 saturated heterocycles. The Morgan fingerprint density at radius 3 is 2.52 bits per heavy atom. The molecule has 0 radical (unpaired) electrons. The van der Waals surface area contributed by atoms with Crippen molar-refractivity contribution in [1.82, 2.24) is 20.0 Å². The molecule has 1 N–H and O–H groups in total. The van der Waals surface area contributed by atoms with E-state index < -0.39 is 0 Å². The van der Waals surface area contributed by atoms with Gasteiger partial charge >= 0.3 is 0 Å². The Bertz CT molecular complexity index is 938. The molecule has 1 aliphatic rings. The van der Waals surface area contributed by atoms with Gasteiger partial charge in [-0.15, -0.1) is 10.2 Å². The van der Waals surface area contributed by atoms with Gasteiger partial charge in [0, 0.05) is 17.2 Å². The van der Waals surface area contributed by atoms with E-state index in [1.54, 1.807) is 0 Å². The van der Waals surface area contributed by atoms with Gasteiger partial charge in [-0.05, 0) is 57.0 Å². The Balaban J connectivity index is 1.44. The molecule has 2 heterocycles. The van der Waals surface area contributed by atoms with Crippen molar-refractivity contribution < 1.29 is 4.79 Å². The molecule has 2 aromatic heterocycles.